The molecule has 0 fully saturated rings. The molecular formula is C13H14N2O4S2. The lowest BCUT2D eigenvalue weighted by atomic mass is 10.2. The van der Waals surface area contributed by atoms with E-state index in [1.807, 2.05) is 30.3 Å². The smallest absolute Gasteiger partial charge is 0.304 e. The number of hydrogen-bond donors (Lipinski definition) is 1. The van der Waals surface area contributed by atoms with Crippen LogP contribution in [0, 0.1) is 0 Å². The Hall–Kier alpha value is -1.77. The molecule has 0 radical (unpaired) electrons. The normalized spacial score (nSPS) is 11.7. The number of carboxylic acids is 1. The second kappa shape index (κ2) is 6.33. The number of nitrogens with zero attached hydrogens (tertiary/aromatic N) is 2. The fraction of sp³-hybridized carbons (Fsp3) is 0.231. The molecule has 0 atom stereocenters. The third-order valence-corrected chi connectivity index (χ3v) is 6.15. The molecule has 2 aromatic rings. The zero-order valence-electron chi connectivity index (χ0n) is 11.3. The van der Waals surface area contributed by atoms with Crippen LogP contribution in [0.2, 0.25) is 0 Å². The van der Waals surface area contributed by atoms with Crippen molar-refractivity contribution in [2.45, 2.75) is 10.6 Å². The molecule has 0 bridgehead atoms. The summed E-state index contributed by atoms with van der Waals surface area (Å²) in [5, 5.41) is 9.23. The average Bonchev–Trinajstić information content (AvgIpc) is 2.96. The minimum atomic E-state index is -3.70. The highest BCUT2D eigenvalue weighted by Gasteiger charge is 2.24. The number of aliphatic carboxylic acids is 1. The van der Waals surface area contributed by atoms with Crippen molar-refractivity contribution >= 4 is 27.3 Å². The van der Waals surface area contributed by atoms with Crippen molar-refractivity contribution in [3.05, 3.63) is 36.5 Å². The van der Waals surface area contributed by atoms with Gasteiger partial charge in [-0.05, 0) is 0 Å². The standard InChI is InChI=1S/C13H14N2O4S2/c1-15(8-7-11(16)17)21(18,19)12-9-14-13(20-12)10-5-3-2-4-6-10/h2-6,9H,7-8H2,1H3,(H,16,17). The van der Waals surface area contributed by atoms with Crippen LogP contribution in [0.15, 0.2) is 40.7 Å². The lowest BCUT2D eigenvalue weighted by Crippen LogP contribution is -2.28. The Balaban J connectivity index is 2.22. The average molecular weight is 326 g/mol. The molecular weight excluding hydrogens is 312 g/mol. The summed E-state index contributed by atoms with van der Waals surface area (Å²) in [6, 6.07) is 9.27. The molecule has 0 aliphatic rings. The highest BCUT2D eigenvalue weighted by Crippen LogP contribution is 2.29. The third kappa shape index (κ3) is 3.66. The van der Waals surface area contributed by atoms with E-state index in [9.17, 15) is 13.2 Å². The van der Waals surface area contributed by atoms with Gasteiger partial charge in [0, 0.05) is 19.2 Å². The number of carboxylic acid groups (broad SMARTS) is 1. The van der Waals surface area contributed by atoms with E-state index in [0.717, 1.165) is 21.2 Å². The molecule has 0 unspecified atom stereocenters. The number of benzene rings is 1. The molecule has 8 heteroatoms. The van der Waals surface area contributed by atoms with Gasteiger partial charge in [-0.3, -0.25) is 4.79 Å². The Labute approximate surface area is 126 Å². The largest absolute Gasteiger partial charge is 0.481 e. The Morgan fingerprint density at radius 2 is 2.00 bits per heavy atom. The number of carbonyl (C=O) groups is 1. The van der Waals surface area contributed by atoms with Gasteiger partial charge in [-0.2, -0.15) is 4.31 Å². The maximum atomic E-state index is 12.3. The highest BCUT2D eigenvalue weighted by molar-refractivity contribution is 7.91. The Bertz CT molecular complexity index is 726. The first kappa shape index (κ1) is 15.6. The number of hydrogen-bond acceptors (Lipinski definition) is 5. The summed E-state index contributed by atoms with van der Waals surface area (Å²) in [7, 11) is -2.33. The van der Waals surface area contributed by atoms with E-state index in [4.69, 9.17) is 5.11 Å². The van der Waals surface area contributed by atoms with E-state index in [2.05, 4.69) is 4.98 Å². The van der Waals surface area contributed by atoms with Crippen LogP contribution < -0.4 is 0 Å². The summed E-state index contributed by atoms with van der Waals surface area (Å²) in [6.45, 7) is -0.0732. The van der Waals surface area contributed by atoms with Crippen LogP contribution >= 0.6 is 11.3 Å². The summed E-state index contributed by atoms with van der Waals surface area (Å²) >= 11 is 1.07. The van der Waals surface area contributed by atoms with Crippen molar-refractivity contribution < 1.29 is 18.3 Å². The molecule has 1 N–H and O–H groups in total. The molecule has 0 saturated carbocycles. The molecule has 21 heavy (non-hydrogen) atoms. The topological polar surface area (TPSA) is 87.6 Å². The monoisotopic (exact) mass is 326 g/mol. The molecule has 1 aromatic carbocycles. The van der Waals surface area contributed by atoms with E-state index < -0.39 is 16.0 Å². The first-order valence-corrected chi connectivity index (χ1v) is 8.36. The highest BCUT2D eigenvalue weighted by atomic mass is 32.2. The van der Waals surface area contributed by atoms with Gasteiger partial charge in [0.2, 0.25) is 0 Å². The van der Waals surface area contributed by atoms with Gasteiger partial charge < -0.3 is 5.11 Å². The van der Waals surface area contributed by atoms with Crippen molar-refractivity contribution in [2.75, 3.05) is 13.6 Å². The summed E-state index contributed by atoms with van der Waals surface area (Å²) in [4.78, 5) is 14.7. The fourth-order valence-corrected chi connectivity index (χ4v) is 4.14. The molecule has 2 rings (SSSR count). The molecule has 0 amide bonds. The van der Waals surface area contributed by atoms with E-state index in [1.54, 1.807) is 0 Å². The van der Waals surface area contributed by atoms with Crippen LogP contribution in [0.4, 0.5) is 0 Å². The van der Waals surface area contributed by atoms with E-state index >= 15 is 0 Å². The zero-order chi connectivity index (χ0) is 15.5. The molecule has 1 heterocycles. The van der Waals surface area contributed by atoms with Crippen molar-refractivity contribution in [1.29, 1.82) is 0 Å². The summed E-state index contributed by atoms with van der Waals surface area (Å²) in [6.07, 6.45) is 1.07. The molecule has 0 saturated heterocycles. The second-order valence-corrected chi connectivity index (χ2v) is 7.62. The van der Waals surface area contributed by atoms with Crippen LogP contribution in [0.5, 0.6) is 0 Å². The van der Waals surface area contributed by atoms with Crippen LogP contribution in [-0.4, -0.2) is 42.4 Å². The van der Waals surface area contributed by atoms with E-state index in [0.29, 0.717) is 5.01 Å². The lowest BCUT2D eigenvalue weighted by Gasteiger charge is -2.14. The number of aromatic nitrogens is 1. The summed E-state index contributed by atoms with van der Waals surface area (Å²) < 4.78 is 25.7. The van der Waals surface area contributed by atoms with Crippen LogP contribution in [-0.2, 0) is 14.8 Å². The fourth-order valence-electron chi connectivity index (χ4n) is 1.62. The van der Waals surface area contributed by atoms with Gasteiger partial charge in [-0.1, -0.05) is 30.3 Å². The predicted molar refractivity (Wildman–Crippen MR) is 79.6 cm³/mol. The Kier molecular flexibility index (Phi) is 4.71. The van der Waals surface area contributed by atoms with Crippen molar-refractivity contribution in [3.8, 4) is 10.6 Å². The Morgan fingerprint density at radius 1 is 1.33 bits per heavy atom. The maximum Gasteiger partial charge on any atom is 0.304 e. The molecule has 0 spiro atoms. The van der Waals surface area contributed by atoms with E-state index in [1.165, 1.54) is 13.2 Å². The van der Waals surface area contributed by atoms with E-state index in [-0.39, 0.29) is 17.2 Å². The minimum Gasteiger partial charge on any atom is -0.481 e. The SMILES string of the molecule is CN(CCC(=O)O)S(=O)(=O)c1cnc(-c2ccccc2)s1. The summed E-state index contributed by atoms with van der Waals surface area (Å²) in [5.74, 6) is -1.04. The van der Waals surface area contributed by atoms with Crippen molar-refractivity contribution in [1.82, 2.24) is 9.29 Å². The lowest BCUT2D eigenvalue weighted by molar-refractivity contribution is -0.137. The Morgan fingerprint density at radius 3 is 2.62 bits per heavy atom. The van der Waals surface area contributed by atoms with Gasteiger partial charge in [0.15, 0.2) is 4.21 Å². The third-order valence-electron chi connectivity index (χ3n) is 2.81. The molecule has 1 aromatic heterocycles. The minimum absolute atomic E-state index is 0.0732. The second-order valence-electron chi connectivity index (χ2n) is 4.32. The first-order chi connectivity index (χ1) is 9.91. The first-order valence-electron chi connectivity index (χ1n) is 6.10. The van der Waals surface area contributed by atoms with Gasteiger partial charge in [0.05, 0.1) is 12.6 Å². The number of thiazole rings is 1. The zero-order valence-corrected chi connectivity index (χ0v) is 12.9. The van der Waals surface area contributed by atoms with Gasteiger partial charge in [-0.25, -0.2) is 13.4 Å². The van der Waals surface area contributed by atoms with Crippen LogP contribution in [0.25, 0.3) is 10.6 Å². The van der Waals surface area contributed by atoms with Gasteiger partial charge in [0.25, 0.3) is 10.0 Å². The van der Waals surface area contributed by atoms with Crippen molar-refractivity contribution in [2.24, 2.45) is 0 Å². The van der Waals surface area contributed by atoms with Crippen molar-refractivity contribution in [3.63, 3.8) is 0 Å². The summed E-state index contributed by atoms with van der Waals surface area (Å²) in [5.41, 5.74) is 0.845. The number of sulfonamides is 1. The van der Waals surface area contributed by atoms with Gasteiger partial charge >= 0.3 is 5.97 Å². The maximum absolute atomic E-state index is 12.3. The molecule has 0 aliphatic heterocycles. The van der Waals surface area contributed by atoms with Gasteiger partial charge in [-0.15, -0.1) is 11.3 Å². The van der Waals surface area contributed by atoms with Gasteiger partial charge in [0.1, 0.15) is 5.01 Å². The number of rotatable bonds is 6. The molecule has 6 nitrogen and oxygen atoms in total. The van der Waals surface area contributed by atoms with Crippen LogP contribution in [0.1, 0.15) is 6.42 Å². The predicted octanol–water partition coefficient (Wildman–Crippen LogP) is 1.91. The molecule has 112 valence electrons. The quantitative estimate of drug-likeness (QED) is 0.876. The molecule has 0 aliphatic carbocycles. The van der Waals surface area contributed by atoms with Crippen LogP contribution in [0.3, 0.4) is 0 Å².